The van der Waals surface area contributed by atoms with Gasteiger partial charge in [0.25, 0.3) is 0 Å². The minimum absolute atomic E-state index is 0. The molecular weight excluding hydrogens is 580 g/mol. The fourth-order valence-corrected chi connectivity index (χ4v) is 5.91. The Bertz CT molecular complexity index is 1520. The maximum atomic E-state index is 11.5. The first kappa shape index (κ1) is 32.3. The van der Waals surface area contributed by atoms with Crippen molar-refractivity contribution in [3.05, 3.63) is 167 Å². The maximum Gasteiger partial charge on any atom is 0.129 e. The Kier molecular flexibility index (Phi) is 11.7. The second-order valence-electron chi connectivity index (χ2n) is 11.3. The highest BCUT2D eigenvalue weighted by Gasteiger charge is 2.28. The second kappa shape index (κ2) is 16.3. The van der Waals surface area contributed by atoms with Gasteiger partial charge in [0.1, 0.15) is 24.7 Å². The lowest BCUT2D eigenvalue weighted by atomic mass is 9.96. The molecule has 0 radical (unpaired) electrons. The van der Waals surface area contributed by atoms with E-state index < -0.39 is 6.10 Å². The van der Waals surface area contributed by atoms with E-state index in [2.05, 4.69) is 70.5 Å². The summed E-state index contributed by atoms with van der Waals surface area (Å²) in [5, 5.41) is 11.5. The Morgan fingerprint density at radius 1 is 0.578 bits per heavy atom. The van der Waals surface area contributed by atoms with Gasteiger partial charge in [-0.05, 0) is 34.4 Å². The molecule has 5 nitrogen and oxygen atoms in total. The predicted molar refractivity (Wildman–Crippen MR) is 183 cm³/mol. The predicted octanol–water partition coefficient (Wildman–Crippen LogP) is 7.71. The van der Waals surface area contributed by atoms with E-state index in [1.165, 1.54) is 11.1 Å². The van der Waals surface area contributed by atoms with Gasteiger partial charge in [0.05, 0.1) is 12.1 Å². The topological polar surface area (TPSA) is 45.2 Å². The van der Waals surface area contributed by atoms with Crippen molar-refractivity contribution in [3.63, 3.8) is 0 Å². The van der Waals surface area contributed by atoms with Crippen LogP contribution in [0.2, 0.25) is 0 Å². The molecule has 0 aliphatic carbocycles. The number of benzene rings is 5. The Labute approximate surface area is 273 Å². The number of halogens is 1. The maximum absolute atomic E-state index is 11.5. The Morgan fingerprint density at radius 2 is 1.07 bits per heavy atom. The zero-order chi connectivity index (χ0) is 30.0. The summed E-state index contributed by atoms with van der Waals surface area (Å²) >= 11 is 0. The summed E-state index contributed by atoms with van der Waals surface area (Å²) in [7, 11) is 0. The van der Waals surface area contributed by atoms with E-state index in [1.54, 1.807) is 0 Å². The van der Waals surface area contributed by atoms with Gasteiger partial charge in [-0.1, -0.05) is 121 Å². The average Bonchev–Trinajstić information content (AvgIpc) is 3.09. The van der Waals surface area contributed by atoms with E-state index in [0.717, 1.165) is 42.9 Å². The third kappa shape index (κ3) is 8.74. The summed E-state index contributed by atoms with van der Waals surface area (Å²) in [6.07, 6.45) is -0.686. The molecule has 0 saturated carbocycles. The number of piperazine rings is 1. The van der Waals surface area contributed by atoms with Crippen LogP contribution in [0.3, 0.4) is 0 Å². The van der Waals surface area contributed by atoms with Crippen molar-refractivity contribution in [2.75, 3.05) is 32.7 Å². The Balaban J connectivity index is 0.00000400. The van der Waals surface area contributed by atoms with Crippen LogP contribution in [0.15, 0.2) is 140 Å². The second-order valence-corrected chi connectivity index (χ2v) is 11.3. The van der Waals surface area contributed by atoms with Crippen molar-refractivity contribution in [2.45, 2.75) is 25.4 Å². The smallest absolute Gasteiger partial charge is 0.129 e. The van der Waals surface area contributed by atoms with Crippen LogP contribution in [0.1, 0.15) is 40.0 Å². The van der Waals surface area contributed by atoms with Crippen molar-refractivity contribution >= 4 is 12.4 Å². The van der Waals surface area contributed by atoms with Crippen molar-refractivity contribution in [2.24, 2.45) is 0 Å². The van der Waals surface area contributed by atoms with Crippen molar-refractivity contribution in [1.29, 1.82) is 0 Å². The number of nitrogens with zero attached hydrogens (tertiary/aromatic N) is 2. The molecular formula is C39H41ClN2O3. The molecule has 1 heterocycles. The summed E-state index contributed by atoms with van der Waals surface area (Å²) in [4.78, 5) is 4.91. The lowest BCUT2D eigenvalue weighted by molar-refractivity contribution is 0.0609. The third-order valence-corrected chi connectivity index (χ3v) is 8.26. The SMILES string of the molecule is Cl.OC(CN1CCN(C(c2ccccc2)c2ccccc2)CC1)c1ccc(OCc2ccccc2)cc1OCc1ccccc1. The van der Waals surface area contributed by atoms with Crippen LogP contribution in [-0.4, -0.2) is 47.6 Å². The lowest BCUT2D eigenvalue weighted by Crippen LogP contribution is -2.48. The molecule has 232 valence electrons. The van der Waals surface area contributed by atoms with Crippen LogP contribution in [0.25, 0.3) is 0 Å². The van der Waals surface area contributed by atoms with E-state index in [-0.39, 0.29) is 18.4 Å². The molecule has 1 aliphatic rings. The molecule has 1 aliphatic heterocycles. The number of aliphatic hydroxyl groups is 1. The average molecular weight is 621 g/mol. The standard InChI is InChI=1S/C39H40N2O3.ClH/c42-37(28-40-23-25-41(26-24-40)39(33-17-9-3-10-18-33)34-19-11-4-12-20-34)36-22-21-35(43-29-31-13-5-1-6-14-31)27-38(36)44-30-32-15-7-2-8-16-32;/h1-22,27,37,39,42H,23-26,28-30H2;1H. The van der Waals surface area contributed by atoms with Crippen LogP contribution in [0.5, 0.6) is 11.5 Å². The van der Waals surface area contributed by atoms with Crippen LogP contribution < -0.4 is 9.47 Å². The Hall–Kier alpha value is -4.13. The minimum Gasteiger partial charge on any atom is -0.489 e. The zero-order valence-corrected chi connectivity index (χ0v) is 26.3. The highest BCUT2D eigenvalue weighted by atomic mass is 35.5. The van der Waals surface area contributed by atoms with Gasteiger partial charge in [-0.25, -0.2) is 0 Å². The van der Waals surface area contributed by atoms with Crippen molar-refractivity contribution in [3.8, 4) is 11.5 Å². The monoisotopic (exact) mass is 620 g/mol. The van der Waals surface area contributed by atoms with Gasteiger partial charge in [-0.2, -0.15) is 0 Å². The number of hydrogen-bond donors (Lipinski definition) is 1. The third-order valence-electron chi connectivity index (χ3n) is 8.26. The van der Waals surface area contributed by atoms with Gasteiger partial charge in [-0.3, -0.25) is 9.80 Å². The molecule has 6 heteroatoms. The molecule has 0 bridgehead atoms. The van der Waals surface area contributed by atoms with Crippen molar-refractivity contribution in [1.82, 2.24) is 9.80 Å². The van der Waals surface area contributed by atoms with Gasteiger partial charge in [-0.15, -0.1) is 12.4 Å². The molecule has 5 aromatic carbocycles. The fourth-order valence-electron chi connectivity index (χ4n) is 5.91. The van der Waals surface area contributed by atoms with Gasteiger partial charge >= 0.3 is 0 Å². The van der Waals surface area contributed by atoms with E-state index >= 15 is 0 Å². The lowest BCUT2D eigenvalue weighted by Gasteiger charge is -2.40. The first-order chi connectivity index (χ1) is 21.7. The molecule has 6 rings (SSSR count). The molecule has 1 N–H and O–H groups in total. The first-order valence-corrected chi connectivity index (χ1v) is 15.4. The molecule has 5 aromatic rings. The summed E-state index contributed by atoms with van der Waals surface area (Å²) in [6, 6.07) is 47.7. The molecule has 45 heavy (non-hydrogen) atoms. The zero-order valence-electron chi connectivity index (χ0n) is 25.4. The van der Waals surface area contributed by atoms with E-state index in [1.807, 2.05) is 78.9 Å². The summed E-state index contributed by atoms with van der Waals surface area (Å²) in [5.74, 6) is 1.37. The number of β-amino-alcohol motifs (C(OH)–C–C–N with tert-alkyl or cyclic N) is 1. The highest BCUT2D eigenvalue weighted by molar-refractivity contribution is 5.85. The van der Waals surface area contributed by atoms with E-state index in [4.69, 9.17) is 9.47 Å². The summed E-state index contributed by atoms with van der Waals surface area (Å²) in [5.41, 5.74) is 5.57. The summed E-state index contributed by atoms with van der Waals surface area (Å²) in [6.45, 7) is 5.04. The van der Waals surface area contributed by atoms with Crippen LogP contribution in [0, 0.1) is 0 Å². The quantitative estimate of drug-likeness (QED) is 0.155. The molecule has 1 fully saturated rings. The van der Waals surface area contributed by atoms with Gasteiger partial charge in [0.15, 0.2) is 0 Å². The van der Waals surface area contributed by atoms with Gasteiger partial charge in [0, 0.05) is 44.4 Å². The van der Waals surface area contributed by atoms with Crippen LogP contribution in [-0.2, 0) is 13.2 Å². The number of rotatable bonds is 12. The molecule has 0 aromatic heterocycles. The van der Waals surface area contributed by atoms with Crippen LogP contribution in [0.4, 0.5) is 0 Å². The molecule has 0 spiro atoms. The molecule has 1 saturated heterocycles. The summed E-state index contributed by atoms with van der Waals surface area (Å²) < 4.78 is 12.4. The minimum atomic E-state index is -0.686. The fraction of sp³-hybridized carbons (Fsp3) is 0.231. The molecule has 1 unspecified atom stereocenters. The van der Waals surface area contributed by atoms with Crippen molar-refractivity contribution < 1.29 is 14.6 Å². The largest absolute Gasteiger partial charge is 0.489 e. The van der Waals surface area contributed by atoms with Crippen LogP contribution >= 0.6 is 12.4 Å². The first-order valence-electron chi connectivity index (χ1n) is 15.4. The number of aliphatic hydroxyl groups excluding tert-OH is 1. The highest BCUT2D eigenvalue weighted by Crippen LogP contribution is 2.33. The van der Waals surface area contributed by atoms with Gasteiger partial charge in [0.2, 0.25) is 0 Å². The van der Waals surface area contributed by atoms with E-state index in [9.17, 15) is 5.11 Å². The normalized spacial score (nSPS) is 14.4. The molecule has 0 amide bonds. The molecule has 1 atom stereocenters. The van der Waals surface area contributed by atoms with Gasteiger partial charge < -0.3 is 14.6 Å². The number of hydrogen-bond acceptors (Lipinski definition) is 5. The Morgan fingerprint density at radius 3 is 1.60 bits per heavy atom. The number of ether oxygens (including phenoxy) is 2. The van der Waals surface area contributed by atoms with E-state index in [0.29, 0.717) is 31.3 Å².